The molecule has 1 N–H and O–H groups in total. The minimum atomic E-state index is 0.0424. The Morgan fingerprint density at radius 1 is 1.29 bits per heavy atom. The van der Waals surface area contributed by atoms with E-state index in [1.807, 2.05) is 24.3 Å². The van der Waals surface area contributed by atoms with Gasteiger partial charge in [-0.2, -0.15) is 5.26 Å². The minimum Gasteiger partial charge on any atom is -0.462 e. The maximum Gasteiger partial charge on any atom is 0.315 e. The number of hydrogen-bond donors (Lipinski definition) is 1. The summed E-state index contributed by atoms with van der Waals surface area (Å²) in [6.45, 7) is 11.7. The molecule has 0 unspecified atom stereocenters. The molecule has 5 heteroatoms. The fourth-order valence-corrected chi connectivity index (χ4v) is 6.83. The van der Waals surface area contributed by atoms with Crippen LogP contribution in [0.5, 0.6) is 0 Å². The van der Waals surface area contributed by atoms with Crippen molar-refractivity contribution in [1.29, 1.82) is 5.26 Å². The van der Waals surface area contributed by atoms with Gasteiger partial charge in [-0.15, -0.1) is 0 Å². The maximum absolute atomic E-state index is 12.9. The number of rotatable bonds is 3. The molecule has 2 saturated carbocycles. The summed E-state index contributed by atoms with van der Waals surface area (Å²) in [6.07, 6.45) is 5.84. The summed E-state index contributed by atoms with van der Waals surface area (Å²) in [5.74, 6) is 1.01. The number of nitrogens with zero attached hydrogens (tertiary/aromatic N) is 2. The predicted octanol–water partition coefficient (Wildman–Crippen LogP) is 2.58. The van der Waals surface area contributed by atoms with Crippen molar-refractivity contribution in [3.8, 4) is 6.07 Å². The van der Waals surface area contributed by atoms with Crippen molar-refractivity contribution in [1.82, 2.24) is 0 Å². The summed E-state index contributed by atoms with van der Waals surface area (Å²) < 4.78 is 5.96. The Labute approximate surface area is 185 Å². The third-order valence-corrected chi connectivity index (χ3v) is 8.66. The van der Waals surface area contributed by atoms with E-state index < -0.39 is 0 Å². The molecule has 2 heterocycles. The summed E-state index contributed by atoms with van der Waals surface area (Å²) >= 11 is 0. The lowest BCUT2D eigenvalue weighted by atomic mass is 9.55. The van der Waals surface area contributed by atoms with Crippen molar-refractivity contribution in [2.75, 3.05) is 37.6 Å². The van der Waals surface area contributed by atoms with Gasteiger partial charge in [-0.3, -0.25) is 4.79 Å². The van der Waals surface area contributed by atoms with E-state index in [9.17, 15) is 4.79 Å². The molecule has 0 spiro atoms. The first-order valence-electron chi connectivity index (χ1n) is 11.9. The lowest BCUT2D eigenvalue weighted by Gasteiger charge is -2.50. The summed E-state index contributed by atoms with van der Waals surface area (Å²) in [6, 6.07) is 10.0. The van der Waals surface area contributed by atoms with E-state index in [1.165, 1.54) is 29.0 Å². The van der Waals surface area contributed by atoms with Crippen molar-refractivity contribution < 1.29 is 14.4 Å². The van der Waals surface area contributed by atoms with Gasteiger partial charge in [0.1, 0.15) is 12.0 Å². The molecule has 0 radical (unpaired) electrons. The molecule has 2 saturated heterocycles. The standard InChI is InChI=1S/C26H33N3O2/c1-18-4-3-9-26(2)15-24-21(14-23(18)26)22(25(30)31-24)17-28-10-12-29(13-11-28)20-7-5-19(16-27)6-8-20/h5-8,21-24H,1,3-4,9-15,17H2,2H3/p+1/t21-,22+,23+,24-,26-/m1/s1. The zero-order valence-corrected chi connectivity index (χ0v) is 18.6. The van der Waals surface area contributed by atoms with E-state index in [4.69, 9.17) is 10.00 Å². The SMILES string of the molecule is C=C1CCC[C@]2(C)C[C@H]3OC(=O)[C@@H](C[NH+]4CCN(c5ccc(C#N)cc5)CC4)[C@H]3C[C@@H]12. The molecule has 2 aliphatic heterocycles. The third-order valence-electron chi connectivity index (χ3n) is 8.66. The number of carbonyl (C=O) groups excluding carboxylic acids is 1. The molecule has 0 aromatic heterocycles. The number of benzene rings is 1. The summed E-state index contributed by atoms with van der Waals surface area (Å²) in [4.78, 5) is 16.8. The van der Waals surface area contributed by atoms with Crippen LogP contribution in [0.4, 0.5) is 5.69 Å². The number of esters is 1. The molecule has 1 aromatic carbocycles. The third kappa shape index (κ3) is 3.76. The Morgan fingerprint density at radius 2 is 2.03 bits per heavy atom. The fourth-order valence-electron chi connectivity index (χ4n) is 6.83. The quantitative estimate of drug-likeness (QED) is 0.603. The van der Waals surface area contributed by atoms with Crippen LogP contribution in [0.15, 0.2) is 36.4 Å². The molecule has 0 bridgehead atoms. The highest BCUT2D eigenvalue weighted by Gasteiger charge is 2.56. The number of piperazine rings is 1. The van der Waals surface area contributed by atoms with Crippen LogP contribution in [0.25, 0.3) is 0 Å². The second-order valence-electron chi connectivity index (χ2n) is 10.5. The van der Waals surface area contributed by atoms with Gasteiger partial charge in [-0.1, -0.05) is 19.1 Å². The van der Waals surface area contributed by atoms with Crippen LogP contribution in [-0.4, -0.2) is 44.8 Å². The van der Waals surface area contributed by atoms with E-state index in [2.05, 4.69) is 24.5 Å². The van der Waals surface area contributed by atoms with Gasteiger partial charge >= 0.3 is 5.97 Å². The van der Waals surface area contributed by atoms with Gasteiger partial charge in [0.15, 0.2) is 0 Å². The first kappa shape index (κ1) is 20.6. The van der Waals surface area contributed by atoms with Gasteiger partial charge in [0.05, 0.1) is 44.4 Å². The van der Waals surface area contributed by atoms with E-state index in [0.29, 0.717) is 17.4 Å². The van der Waals surface area contributed by atoms with Gasteiger partial charge in [0.25, 0.3) is 0 Å². The lowest BCUT2D eigenvalue weighted by molar-refractivity contribution is -0.903. The molecular formula is C26H34N3O2+. The first-order valence-corrected chi connectivity index (χ1v) is 11.9. The Balaban J connectivity index is 1.21. The Bertz CT molecular complexity index is 896. The van der Waals surface area contributed by atoms with Crippen molar-refractivity contribution >= 4 is 11.7 Å². The number of nitriles is 1. The number of nitrogens with one attached hydrogen (secondary N) is 1. The van der Waals surface area contributed by atoms with Gasteiger partial charge in [-0.05, 0) is 67.7 Å². The summed E-state index contributed by atoms with van der Waals surface area (Å²) in [7, 11) is 0. The van der Waals surface area contributed by atoms with Crippen molar-refractivity contribution in [3.63, 3.8) is 0 Å². The summed E-state index contributed by atoms with van der Waals surface area (Å²) in [5, 5.41) is 9.00. The van der Waals surface area contributed by atoms with Crippen LogP contribution in [0, 0.1) is 34.5 Å². The molecule has 4 aliphatic rings. The van der Waals surface area contributed by atoms with E-state index in [-0.39, 0.29) is 23.4 Å². The number of allylic oxidation sites excluding steroid dienone is 1. The molecule has 2 aliphatic carbocycles. The average Bonchev–Trinajstić information content (AvgIpc) is 3.06. The van der Waals surface area contributed by atoms with Crippen LogP contribution in [-0.2, 0) is 9.53 Å². The smallest absolute Gasteiger partial charge is 0.315 e. The molecule has 5 nitrogen and oxygen atoms in total. The second kappa shape index (κ2) is 7.98. The van der Waals surface area contributed by atoms with Gasteiger partial charge in [0, 0.05) is 11.6 Å². The highest BCUT2D eigenvalue weighted by atomic mass is 16.6. The molecule has 5 rings (SSSR count). The minimum absolute atomic E-state index is 0.0424. The zero-order chi connectivity index (χ0) is 21.6. The molecular weight excluding hydrogens is 386 g/mol. The topological polar surface area (TPSA) is 57.8 Å². The van der Waals surface area contributed by atoms with Gasteiger partial charge < -0.3 is 14.5 Å². The molecule has 31 heavy (non-hydrogen) atoms. The van der Waals surface area contributed by atoms with E-state index >= 15 is 0 Å². The molecule has 164 valence electrons. The van der Waals surface area contributed by atoms with Gasteiger partial charge in [0.2, 0.25) is 0 Å². The van der Waals surface area contributed by atoms with Crippen molar-refractivity contribution in [2.45, 2.75) is 45.1 Å². The molecule has 0 amide bonds. The van der Waals surface area contributed by atoms with Crippen LogP contribution in [0.3, 0.4) is 0 Å². The number of carbonyl (C=O) groups is 1. The highest BCUT2D eigenvalue weighted by Crippen LogP contribution is 2.56. The Hall–Kier alpha value is -2.32. The van der Waals surface area contributed by atoms with Crippen LogP contribution >= 0.6 is 0 Å². The molecule has 4 fully saturated rings. The Morgan fingerprint density at radius 3 is 2.74 bits per heavy atom. The summed E-state index contributed by atoms with van der Waals surface area (Å²) in [5.41, 5.74) is 3.56. The second-order valence-corrected chi connectivity index (χ2v) is 10.5. The van der Waals surface area contributed by atoms with Gasteiger partial charge in [-0.25, -0.2) is 0 Å². The molecule has 1 aromatic rings. The number of quaternary nitrogens is 1. The van der Waals surface area contributed by atoms with Crippen molar-refractivity contribution in [3.05, 3.63) is 42.0 Å². The van der Waals surface area contributed by atoms with Crippen LogP contribution < -0.4 is 9.80 Å². The lowest BCUT2D eigenvalue weighted by Crippen LogP contribution is -3.15. The van der Waals surface area contributed by atoms with Crippen LogP contribution in [0.1, 0.15) is 44.6 Å². The zero-order valence-electron chi connectivity index (χ0n) is 18.6. The number of ether oxygens (including phenoxy) is 1. The normalized spacial score (nSPS) is 35.8. The first-order chi connectivity index (χ1) is 15.0. The largest absolute Gasteiger partial charge is 0.462 e. The molecule has 5 atom stereocenters. The van der Waals surface area contributed by atoms with E-state index in [1.54, 1.807) is 0 Å². The van der Waals surface area contributed by atoms with Crippen molar-refractivity contribution in [2.24, 2.45) is 23.2 Å². The predicted molar refractivity (Wildman–Crippen MR) is 120 cm³/mol. The fraction of sp³-hybridized carbons (Fsp3) is 0.615. The number of fused-ring (bicyclic) bond motifs is 2. The van der Waals surface area contributed by atoms with E-state index in [0.717, 1.165) is 52.0 Å². The Kier molecular flexibility index (Phi) is 5.30. The highest BCUT2D eigenvalue weighted by molar-refractivity contribution is 5.75. The van der Waals surface area contributed by atoms with Crippen LogP contribution in [0.2, 0.25) is 0 Å². The average molecular weight is 421 g/mol. The monoisotopic (exact) mass is 420 g/mol. The maximum atomic E-state index is 12.9. The number of hydrogen-bond acceptors (Lipinski definition) is 4. The number of anilines is 1.